The normalized spacial score (nSPS) is 10.1. The summed E-state index contributed by atoms with van der Waals surface area (Å²) in [7, 11) is 3.00. The van der Waals surface area contributed by atoms with Crippen molar-refractivity contribution >= 4 is 17.4 Å². The van der Waals surface area contributed by atoms with Crippen LogP contribution < -0.4 is 14.8 Å². The minimum atomic E-state index is -0.321. The lowest BCUT2D eigenvalue weighted by Gasteiger charge is -2.14. The predicted molar refractivity (Wildman–Crippen MR) is 93.7 cm³/mol. The third-order valence-corrected chi connectivity index (χ3v) is 3.35. The summed E-state index contributed by atoms with van der Waals surface area (Å²) < 4.78 is 20.7. The van der Waals surface area contributed by atoms with Gasteiger partial charge in [-0.3, -0.25) is 4.79 Å². The molecule has 8 heteroatoms. The summed E-state index contributed by atoms with van der Waals surface area (Å²) in [5.41, 5.74) is 1.22. The van der Waals surface area contributed by atoms with Gasteiger partial charge in [0.05, 0.1) is 12.1 Å². The van der Waals surface area contributed by atoms with Crippen molar-refractivity contribution in [2.45, 2.75) is 0 Å². The van der Waals surface area contributed by atoms with Crippen LogP contribution in [0.1, 0.15) is 16.1 Å². The second kappa shape index (κ2) is 10.0. The molecule has 0 fully saturated rings. The summed E-state index contributed by atoms with van der Waals surface area (Å²) in [5.74, 6) is 2.35. The molecular formula is C18H20N2O6. The Balaban J connectivity index is 2.13. The molecular weight excluding hydrogens is 340 g/mol. The fourth-order valence-corrected chi connectivity index (χ4v) is 2.11. The zero-order valence-corrected chi connectivity index (χ0v) is 14.5. The Bertz CT molecular complexity index is 766. The van der Waals surface area contributed by atoms with E-state index >= 15 is 0 Å². The molecule has 1 aromatic heterocycles. The van der Waals surface area contributed by atoms with E-state index in [-0.39, 0.29) is 31.6 Å². The SMILES string of the molecule is COCOc1ccc(C(=C=O)CNC(=O)c2ccc[nH]2)cc1OCOC. The largest absolute Gasteiger partial charge is 0.464 e. The molecule has 0 radical (unpaired) electrons. The van der Waals surface area contributed by atoms with Crippen LogP contribution in [0.4, 0.5) is 0 Å². The van der Waals surface area contributed by atoms with E-state index in [1.54, 1.807) is 36.5 Å². The maximum Gasteiger partial charge on any atom is 0.267 e. The maximum absolute atomic E-state index is 12.0. The van der Waals surface area contributed by atoms with Gasteiger partial charge in [0.1, 0.15) is 11.6 Å². The fourth-order valence-electron chi connectivity index (χ4n) is 2.11. The Morgan fingerprint density at radius 2 is 1.85 bits per heavy atom. The van der Waals surface area contributed by atoms with Gasteiger partial charge in [0.25, 0.3) is 5.91 Å². The number of amides is 1. The van der Waals surface area contributed by atoms with E-state index in [4.69, 9.17) is 18.9 Å². The van der Waals surface area contributed by atoms with Crippen molar-refractivity contribution in [1.82, 2.24) is 10.3 Å². The van der Waals surface area contributed by atoms with E-state index in [2.05, 4.69) is 10.3 Å². The molecule has 1 heterocycles. The van der Waals surface area contributed by atoms with Gasteiger partial charge in [0.2, 0.25) is 0 Å². The summed E-state index contributed by atoms with van der Waals surface area (Å²) in [6.45, 7) is 0.0745. The highest BCUT2D eigenvalue weighted by molar-refractivity contribution is 5.96. The van der Waals surface area contributed by atoms with Crippen LogP contribution in [0.5, 0.6) is 11.5 Å². The second-order valence-electron chi connectivity index (χ2n) is 5.11. The van der Waals surface area contributed by atoms with Crippen molar-refractivity contribution in [3.63, 3.8) is 0 Å². The van der Waals surface area contributed by atoms with Crippen molar-refractivity contribution in [2.24, 2.45) is 0 Å². The summed E-state index contributed by atoms with van der Waals surface area (Å²) in [4.78, 5) is 26.1. The maximum atomic E-state index is 12.0. The molecule has 0 aliphatic rings. The number of carbonyl (C=O) groups is 1. The first-order valence-corrected chi connectivity index (χ1v) is 7.73. The van der Waals surface area contributed by atoms with Crippen LogP contribution in [0, 0.1) is 0 Å². The summed E-state index contributed by atoms with van der Waals surface area (Å²) in [5, 5.41) is 2.66. The second-order valence-corrected chi connectivity index (χ2v) is 5.11. The Labute approximate surface area is 150 Å². The molecule has 0 saturated heterocycles. The molecule has 2 N–H and O–H groups in total. The molecule has 1 aromatic carbocycles. The van der Waals surface area contributed by atoms with Crippen molar-refractivity contribution in [1.29, 1.82) is 0 Å². The zero-order chi connectivity index (χ0) is 18.8. The zero-order valence-electron chi connectivity index (χ0n) is 14.5. The molecule has 0 unspecified atom stereocenters. The van der Waals surface area contributed by atoms with Crippen LogP contribution in [0.3, 0.4) is 0 Å². The molecule has 2 rings (SSSR count). The van der Waals surface area contributed by atoms with Gasteiger partial charge in [0, 0.05) is 20.4 Å². The number of nitrogens with one attached hydrogen (secondary N) is 2. The van der Waals surface area contributed by atoms with Gasteiger partial charge in [0.15, 0.2) is 25.1 Å². The monoisotopic (exact) mass is 360 g/mol. The third-order valence-electron chi connectivity index (χ3n) is 3.35. The lowest BCUT2D eigenvalue weighted by atomic mass is 10.1. The van der Waals surface area contributed by atoms with E-state index in [0.29, 0.717) is 22.8 Å². The Kier molecular flexibility index (Phi) is 7.45. The topological polar surface area (TPSA) is 98.9 Å². The average Bonchev–Trinajstić information content (AvgIpc) is 3.20. The van der Waals surface area contributed by atoms with Crippen LogP contribution >= 0.6 is 0 Å². The molecule has 0 saturated carbocycles. The van der Waals surface area contributed by atoms with E-state index in [0.717, 1.165) is 0 Å². The van der Waals surface area contributed by atoms with Crippen LogP contribution in [0.25, 0.3) is 5.57 Å². The van der Waals surface area contributed by atoms with Crippen molar-refractivity contribution < 1.29 is 28.5 Å². The van der Waals surface area contributed by atoms with Crippen molar-refractivity contribution in [3.8, 4) is 11.5 Å². The van der Waals surface area contributed by atoms with E-state index in [9.17, 15) is 9.59 Å². The standard InChI is InChI=1S/C18H20N2O6/c1-23-11-25-16-6-5-13(8-17(16)26-12-24-2)14(10-21)9-20-18(22)15-4-3-7-19-15/h3-8,19H,9,11-12H2,1-2H3,(H,20,22). The van der Waals surface area contributed by atoms with Crippen molar-refractivity contribution in [2.75, 3.05) is 34.4 Å². The highest BCUT2D eigenvalue weighted by atomic mass is 16.7. The lowest BCUT2D eigenvalue weighted by molar-refractivity contribution is 0.0322. The van der Waals surface area contributed by atoms with Gasteiger partial charge in [-0.2, -0.15) is 0 Å². The number of carbonyl (C=O) groups excluding carboxylic acids is 2. The van der Waals surface area contributed by atoms with Crippen LogP contribution in [-0.4, -0.2) is 51.2 Å². The highest BCUT2D eigenvalue weighted by Crippen LogP contribution is 2.30. The molecule has 1 amide bonds. The van der Waals surface area contributed by atoms with Gasteiger partial charge >= 0.3 is 0 Å². The van der Waals surface area contributed by atoms with Crippen LogP contribution in [-0.2, 0) is 14.3 Å². The van der Waals surface area contributed by atoms with Gasteiger partial charge in [-0.1, -0.05) is 0 Å². The summed E-state index contributed by atoms with van der Waals surface area (Å²) in [6, 6.07) is 8.28. The Hall–Kier alpha value is -3.06. The van der Waals surface area contributed by atoms with Crippen molar-refractivity contribution in [3.05, 3.63) is 47.8 Å². The number of ether oxygens (including phenoxy) is 4. The smallest absolute Gasteiger partial charge is 0.267 e. The van der Waals surface area contributed by atoms with E-state index in [1.807, 2.05) is 5.94 Å². The first kappa shape index (κ1) is 19.3. The first-order valence-electron chi connectivity index (χ1n) is 7.73. The highest BCUT2D eigenvalue weighted by Gasteiger charge is 2.13. The van der Waals surface area contributed by atoms with E-state index in [1.165, 1.54) is 14.2 Å². The Morgan fingerprint density at radius 1 is 1.12 bits per heavy atom. The molecule has 0 atom stereocenters. The van der Waals surface area contributed by atoms with Gasteiger partial charge in [-0.25, -0.2) is 4.79 Å². The van der Waals surface area contributed by atoms with Crippen LogP contribution in [0.15, 0.2) is 36.5 Å². The molecule has 0 bridgehead atoms. The quantitative estimate of drug-likeness (QED) is 0.493. The van der Waals surface area contributed by atoms with Gasteiger partial charge in [-0.15, -0.1) is 0 Å². The number of aromatic amines is 1. The number of H-pyrrole nitrogens is 1. The minimum absolute atomic E-state index is 0.0104. The fraction of sp³-hybridized carbons (Fsp3) is 0.278. The number of methoxy groups -OCH3 is 2. The Morgan fingerprint density at radius 3 is 2.46 bits per heavy atom. The third kappa shape index (κ3) is 5.22. The van der Waals surface area contributed by atoms with Gasteiger partial charge in [-0.05, 0) is 35.9 Å². The molecule has 0 spiro atoms. The summed E-state index contributed by atoms with van der Waals surface area (Å²) in [6.07, 6.45) is 1.64. The van der Waals surface area contributed by atoms with Crippen LogP contribution in [0.2, 0.25) is 0 Å². The molecule has 8 nitrogen and oxygen atoms in total. The average molecular weight is 360 g/mol. The number of aromatic nitrogens is 1. The number of rotatable bonds is 10. The molecule has 0 aliphatic heterocycles. The van der Waals surface area contributed by atoms with E-state index < -0.39 is 0 Å². The lowest BCUT2D eigenvalue weighted by Crippen LogP contribution is -2.25. The molecule has 26 heavy (non-hydrogen) atoms. The summed E-state index contributed by atoms with van der Waals surface area (Å²) >= 11 is 0. The predicted octanol–water partition coefficient (Wildman–Crippen LogP) is 1.63. The molecule has 0 aliphatic carbocycles. The molecule has 138 valence electrons. The number of hydrogen-bond acceptors (Lipinski definition) is 6. The van der Waals surface area contributed by atoms with Gasteiger partial charge < -0.3 is 29.2 Å². The number of hydrogen-bond donors (Lipinski definition) is 2. The number of benzene rings is 1. The molecule has 2 aromatic rings. The first-order chi connectivity index (χ1) is 12.7. The minimum Gasteiger partial charge on any atom is -0.464 e.